The first-order chi connectivity index (χ1) is 15.0. The Labute approximate surface area is 203 Å². The van der Waals surface area contributed by atoms with E-state index >= 15 is 0 Å². The highest BCUT2D eigenvalue weighted by atomic mass is 35.5. The minimum absolute atomic E-state index is 0. The number of fused-ring (bicyclic) bond motifs is 1. The van der Waals surface area contributed by atoms with Gasteiger partial charge >= 0.3 is 0 Å². The van der Waals surface area contributed by atoms with E-state index in [-0.39, 0.29) is 30.6 Å². The molecular weight excluding hydrogens is 465 g/mol. The quantitative estimate of drug-likeness (QED) is 0.447. The number of aromatic nitrogens is 7. The first-order valence-electron chi connectivity index (χ1n) is 10.2. The predicted octanol–water partition coefficient (Wildman–Crippen LogP) is 2.69. The molecule has 33 heavy (non-hydrogen) atoms. The SMILES string of the molecule is Cc1nc2ccc(-c3ccc(-c4cnc(N5C[C@@H](C)N[C@@H](C)C5)nn4)c(O)c3)nn2n1.Cl.Cl. The number of anilines is 1. The van der Waals surface area contributed by atoms with Crippen molar-refractivity contribution in [1.82, 2.24) is 40.3 Å². The first-order valence-corrected chi connectivity index (χ1v) is 10.2. The van der Waals surface area contributed by atoms with Crippen LogP contribution in [0.3, 0.4) is 0 Å². The van der Waals surface area contributed by atoms with Crippen LogP contribution in [0.15, 0.2) is 36.5 Å². The van der Waals surface area contributed by atoms with Crippen molar-refractivity contribution in [2.45, 2.75) is 32.9 Å². The Morgan fingerprint density at radius 3 is 2.39 bits per heavy atom. The number of phenolic OH excluding ortho intramolecular Hbond substituents is 1. The maximum atomic E-state index is 10.6. The highest BCUT2D eigenvalue weighted by molar-refractivity contribution is 5.85. The van der Waals surface area contributed by atoms with Crippen LogP contribution in [0.1, 0.15) is 19.7 Å². The van der Waals surface area contributed by atoms with Crippen molar-refractivity contribution in [2.24, 2.45) is 0 Å². The average Bonchev–Trinajstić information content (AvgIpc) is 3.12. The summed E-state index contributed by atoms with van der Waals surface area (Å²) in [5.74, 6) is 1.34. The second-order valence-corrected chi connectivity index (χ2v) is 7.97. The van der Waals surface area contributed by atoms with Gasteiger partial charge in [0, 0.05) is 36.3 Å². The third-order valence-electron chi connectivity index (χ3n) is 5.27. The number of aromatic hydroxyl groups is 1. The van der Waals surface area contributed by atoms with Gasteiger partial charge in [0.05, 0.1) is 11.9 Å². The Bertz CT molecular complexity index is 1240. The van der Waals surface area contributed by atoms with Crippen LogP contribution in [-0.4, -0.2) is 65.3 Å². The molecule has 12 heteroatoms. The van der Waals surface area contributed by atoms with E-state index in [1.165, 1.54) is 4.63 Å². The molecule has 1 aliphatic rings. The summed E-state index contributed by atoms with van der Waals surface area (Å²) in [7, 11) is 0. The maximum Gasteiger partial charge on any atom is 0.245 e. The fraction of sp³-hybridized carbons (Fsp3) is 0.333. The number of hydrogen-bond acceptors (Lipinski definition) is 9. The van der Waals surface area contributed by atoms with E-state index < -0.39 is 0 Å². The van der Waals surface area contributed by atoms with Crippen molar-refractivity contribution < 1.29 is 5.11 Å². The number of halogens is 2. The minimum atomic E-state index is 0. The monoisotopic (exact) mass is 489 g/mol. The molecule has 0 amide bonds. The van der Waals surface area contributed by atoms with Gasteiger partial charge < -0.3 is 15.3 Å². The summed E-state index contributed by atoms with van der Waals surface area (Å²) < 4.78 is 1.49. The Hall–Kier alpha value is -3.08. The molecule has 174 valence electrons. The molecule has 0 unspecified atom stereocenters. The molecule has 2 atom stereocenters. The summed E-state index contributed by atoms with van der Waals surface area (Å²) in [6.45, 7) is 7.75. The van der Waals surface area contributed by atoms with Crippen LogP contribution in [0.25, 0.3) is 28.2 Å². The van der Waals surface area contributed by atoms with E-state index in [1.54, 1.807) is 18.3 Å². The van der Waals surface area contributed by atoms with E-state index in [1.807, 2.05) is 25.1 Å². The van der Waals surface area contributed by atoms with Crippen LogP contribution in [-0.2, 0) is 0 Å². The molecule has 0 spiro atoms. The standard InChI is InChI=1S/C21H23N9O.2ClH/c1-12-10-29(11-13(2)23-12)21-22-9-18(25-26-21)16-5-4-15(8-19(16)31)17-6-7-20-24-14(3)27-30(20)28-17;;/h4-9,12-13,23,31H,10-11H2,1-3H3;2*1H/t12-,13+;;. The Balaban J connectivity index is 0.00000153. The summed E-state index contributed by atoms with van der Waals surface area (Å²) in [5.41, 5.74) is 3.20. The number of piperazine rings is 1. The number of aryl methyl sites for hydroxylation is 1. The van der Waals surface area contributed by atoms with Crippen molar-refractivity contribution in [3.05, 3.63) is 42.4 Å². The van der Waals surface area contributed by atoms with Crippen molar-refractivity contribution in [1.29, 1.82) is 0 Å². The first kappa shape index (κ1) is 24.6. The number of nitrogens with zero attached hydrogens (tertiary/aromatic N) is 8. The Kier molecular flexibility index (Phi) is 7.31. The van der Waals surface area contributed by atoms with Gasteiger partial charge in [-0.3, -0.25) is 0 Å². The van der Waals surface area contributed by atoms with Gasteiger partial charge in [0.15, 0.2) is 5.65 Å². The van der Waals surface area contributed by atoms with Crippen molar-refractivity contribution >= 4 is 36.4 Å². The predicted molar refractivity (Wildman–Crippen MR) is 130 cm³/mol. The third-order valence-corrected chi connectivity index (χ3v) is 5.27. The smallest absolute Gasteiger partial charge is 0.245 e. The number of nitrogens with one attached hydrogen (secondary N) is 1. The highest BCUT2D eigenvalue weighted by Crippen LogP contribution is 2.31. The molecule has 1 fully saturated rings. The van der Waals surface area contributed by atoms with E-state index in [4.69, 9.17) is 0 Å². The van der Waals surface area contributed by atoms with E-state index in [0.29, 0.717) is 46.5 Å². The lowest BCUT2D eigenvalue weighted by atomic mass is 10.1. The largest absolute Gasteiger partial charge is 0.507 e. The van der Waals surface area contributed by atoms with Crippen LogP contribution >= 0.6 is 24.8 Å². The molecule has 0 radical (unpaired) electrons. The molecule has 0 saturated carbocycles. The van der Waals surface area contributed by atoms with Gasteiger partial charge in [-0.05, 0) is 45.0 Å². The van der Waals surface area contributed by atoms with Crippen LogP contribution in [0.4, 0.5) is 5.95 Å². The summed E-state index contributed by atoms with van der Waals surface area (Å²) >= 11 is 0. The highest BCUT2D eigenvalue weighted by Gasteiger charge is 2.23. The van der Waals surface area contributed by atoms with E-state index in [0.717, 1.165) is 18.7 Å². The van der Waals surface area contributed by atoms with E-state index in [9.17, 15) is 5.11 Å². The molecule has 3 aromatic heterocycles. The number of rotatable bonds is 3. The zero-order valence-corrected chi connectivity index (χ0v) is 20.0. The topological polar surface area (TPSA) is 117 Å². The van der Waals surface area contributed by atoms with Gasteiger partial charge in [0.2, 0.25) is 5.95 Å². The summed E-state index contributed by atoms with van der Waals surface area (Å²) in [6, 6.07) is 9.74. The summed E-state index contributed by atoms with van der Waals surface area (Å²) in [6.07, 6.45) is 1.65. The fourth-order valence-electron chi connectivity index (χ4n) is 3.98. The molecule has 5 rings (SSSR count). The van der Waals surface area contributed by atoms with Crippen LogP contribution in [0, 0.1) is 6.92 Å². The molecule has 0 aliphatic carbocycles. The number of phenols is 1. The number of hydrogen-bond donors (Lipinski definition) is 2. The van der Waals surface area contributed by atoms with E-state index in [2.05, 4.69) is 54.4 Å². The van der Waals surface area contributed by atoms with Gasteiger partial charge in [-0.15, -0.1) is 49.8 Å². The fourth-order valence-corrected chi connectivity index (χ4v) is 3.98. The van der Waals surface area contributed by atoms with Gasteiger partial charge in [-0.1, -0.05) is 6.07 Å². The molecule has 2 N–H and O–H groups in total. The summed E-state index contributed by atoms with van der Waals surface area (Å²) in [4.78, 5) is 10.9. The Morgan fingerprint density at radius 2 is 1.73 bits per heavy atom. The molecular formula is C21H25Cl2N9O. The lowest BCUT2D eigenvalue weighted by molar-refractivity contribution is 0.402. The van der Waals surface area contributed by atoms with Crippen LogP contribution in [0.2, 0.25) is 0 Å². The molecule has 4 aromatic rings. The van der Waals surface area contributed by atoms with Gasteiger partial charge in [0.25, 0.3) is 0 Å². The lowest BCUT2D eigenvalue weighted by Gasteiger charge is -2.35. The summed E-state index contributed by atoms with van der Waals surface area (Å²) in [5, 5.41) is 31.4. The van der Waals surface area contributed by atoms with Gasteiger partial charge in [0.1, 0.15) is 17.3 Å². The average molecular weight is 490 g/mol. The van der Waals surface area contributed by atoms with Crippen LogP contribution in [0.5, 0.6) is 5.75 Å². The van der Waals surface area contributed by atoms with Crippen LogP contribution < -0.4 is 10.2 Å². The second kappa shape index (κ2) is 9.82. The molecule has 1 saturated heterocycles. The van der Waals surface area contributed by atoms with Crippen molar-refractivity contribution in [3.63, 3.8) is 0 Å². The normalized spacial score (nSPS) is 18.0. The second-order valence-electron chi connectivity index (χ2n) is 7.97. The maximum absolute atomic E-state index is 10.6. The van der Waals surface area contributed by atoms with Crippen molar-refractivity contribution in [2.75, 3.05) is 18.0 Å². The third kappa shape index (κ3) is 4.97. The lowest BCUT2D eigenvalue weighted by Crippen LogP contribution is -2.54. The minimum Gasteiger partial charge on any atom is -0.507 e. The zero-order chi connectivity index (χ0) is 21.5. The number of benzene rings is 1. The Morgan fingerprint density at radius 1 is 0.970 bits per heavy atom. The van der Waals surface area contributed by atoms with Crippen molar-refractivity contribution in [3.8, 4) is 28.3 Å². The zero-order valence-electron chi connectivity index (χ0n) is 18.4. The van der Waals surface area contributed by atoms with Gasteiger partial charge in [-0.2, -0.15) is 0 Å². The molecule has 10 nitrogen and oxygen atoms in total. The molecule has 1 aromatic carbocycles. The molecule has 1 aliphatic heterocycles. The van der Waals surface area contributed by atoms with Gasteiger partial charge in [-0.25, -0.2) is 9.97 Å². The molecule has 4 heterocycles. The molecule has 0 bridgehead atoms.